The number of nitrogens with zero attached hydrogens (tertiary/aromatic N) is 4. The van der Waals surface area contributed by atoms with Gasteiger partial charge in [-0.15, -0.1) is 0 Å². The molecule has 0 radical (unpaired) electrons. The van der Waals surface area contributed by atoms with E-state index in [9.17, 15) is 9.59 Å². The van der Waals surface area contributed by atoms with Crippen molar-refractivity contribution in [3.63, 3.8) is 0 Å². The van der Waals surface area contributed by atoms with Gasteiger partial charge in [0.2, 0.25) is 0 Å². The maximum absolute atomic E-state index is 13.3. The molecule has 3 aromatic heterocycles. The lowest BCUT2D eigenvalue weighted by atomic mass is 10.0. The number of fused-ring (bicyclic) bond motifs is 2. The molecule has 1 aliphatic rings. The first kappa shape index (κ1) is 21.9. The van der Waals surface area contributed by atoms with Gasteiger partial charge in [0.1, 0.15) is 5.58 Å². The average molecular weight is 458 g/mol. The number of aromatic nitrogens is 3. The fraction of sp³-hybridized carbons (Fsp3) is 0.308. The predicted octanol–water partition coefficient (Wildman–Crippen LogP) is 3.81. The van der Waals surface area contributed by atoms with E-state index in [2.05, 4.69) is 29.2 Å². The monoisotopic (exact) mass is 457 g/mol. The van der Waals surface area contributed by atoms with Gasteiger partial charge in [-0.1, -0.05) is 38.1 Å². The zero-order chi connectivity index (χ0) is 23.7. The van der Waals surface area contributed by atoms with Crippen LogP contribution < -0.4 is 5.32 Å². The third kappa shape index (κ3) is 4.31. The quantitative estimate of drug-likeness (QED) is 0.475. The number of rotatable bonds is 6. The van der Waals surface area contributed by atoms with E-state index in [1.54, 1.807) is 23.4 Å². The van der Waals surface area contributed by atoms with Crippen LogP contribution in [0.15, 0.2) is 59.3 Å². The molecule has 1 aromatic carbocycles. The molecular weight excluding hydrogens is 430 g/mol. The zero-order valence-electron chi connectivity index (χ0n) is 19.3. The Morgan fingerprint density at radius 2 is 2.03 bits per heavy atom. The summed E-state index contributed by atoms with van der Waals surface area (Å²) in [7, 11) is 0. The summed E-state index contributed by atoms with van der Waals surface area (Å²) in [6, 6.07) is 13.1. The Morgan fingerprint density at radius 3 is 2.79 bits per heavy atom. The average Bonchev–Trinajstić information content (AvgIpc) is 3.44. The molecule has 4 heterocycles. The minimum absolute atomic E-state index is 0.180. The lowest BCUT2D eigenvalue weighted by molar-refractivity contribution is 0.0700. The normalized spacial score (nSPS) is 13.3. The van der Waals surface area contributed by atoms with Crippen LogP contribution in [-0.4, -0.2) is 38.0 Å². The summed E-state index contributed by atoms with van der Waals surface area (Å²) >= 11 is 0. The lowest BCUT2D eigenvalue weighted by Crippen LogP contribution is -2.37. The molecule has 1 N–H and O–H groups in total. The number of hydrogen-bond acceptors (Lipinski definition) is 5. The number of carbonyl (C=O) groups excluding carboxylic acids is 2. The summed E-state index contributed by atoms with van der Waals surface area (Å²) in [5.41, 5.74) is 3.80. The van der Waals surface area contributed by atoms with Gasteiger partial charge < -0.3 is 14.6 Å². The van der Waals surface area contributed by atoms with Crippen LogP contribution in [0.2, 0.25) is 0 Å². The Balaban J connectivity index is 1.40. The van der Waals surface area contributed by atoms with Gasteiger partial charge >= 0.3 is 0 Å². The van der Waals surface area contributed by atoms with E-state index in [-0.39, 0.29) is 11.8 Å². The highest BCUT2D eigenvalue weighted by atomic mass is 16.3. The van der Waals surface area contributed by atoms with Crippen LogP contribution in [0.5, 0.6) is 0 Å². The van der Waals surface area contributed by atoms with E-state index >= 15 is 0 Å². The topological polar surface area (TPSA) is 93.3 Å². The molecule has 8 nitrogen and oxygen atoms in total. The largest absolute Gasteiger partial charge is 0.451 e. The predicted molar refractivity (Wildman–Crippen MR) is 127 cm³/mol. The first-order valence-electron chi connectivity index (χ1n) is 11.5. The molecule has 5 rings (SSSR count). The highest BCUT2D eigenvalue weighted by molar-refractivity contribution is 5.97. The Labute approximate surface area is 197 Å². The molecular formula is C26H27N5O3. The zero-order valence-corrected chi connectivity index (χ0v) is 19.3. The van der Waals surface area contributed by atoms with E-state index in [4.69, 9.17) is 4.42 Å². The van der Waals surface area contributed by atoms with Crippen LogP contribution in [0.1, 0.15) is 51.7 Å². The molecule has 0 spiro atoms. The Hall–Kier alpha value is -3.94. The van der Waals surface area contributed by atoms with Crippen molar-refractivity contribution in [3.8, 4) is 0 Å². The van der Waals surface area contributed by atoms with Crippen molar-refractivity contribution in [1.82, 2.24) is 25.0 Å². The van der Waals surface area contributed by atoms with Crippen molar-refractivity contribution in [2.24, 2.45) is 5.92 Å². The van der Waals surface area contributed by atoms with E-state index in [0.29, 0.717) is 49.0 Å². The molecule has 34 heavy (non-hydrogen) atoms. The first-order valence-corrected chi connectivity index (χ1v) is 11.5. The van der Waals surface area contributed by atoms with Crippen LogP contribution in [0.25, 0.3) is 11.0 Å². The molecule has 4 aromatic rings. The molecule has 0 bridgehead atoms. The fourth-order valence-corrected chi connectivity index (χ4v) is 4.36. The molecule has 0 saturated heterocycles. The first-order chi connectivity index (χ1) is 16.5. The summed E-state index contributed by atoms with van der Waals surface area (Å²) in [6.07, 6.45) is 4.06. The Morgan fingerprint density at radius 1 is 1.18 bits per heavy atom. The molecule has 2 amide bonds. The minimum atomic E-state index is -0.249. The van der Waals surface area contributed by atoms with Crippen LogP contribution in [0, 0.1) is 5.92 Å². The third-order valence-electron chi connectivity index (χ3n) is 5.99. The van der Waals surface area contributed by atoms with Crippen molar-refractivity contribution in [2.45, 2.75) is 39.9 Å². The van der Waals surface area contributed by atoms with Gasteiger partial charge in [-0.05, 0) is 29.7 Å². The second-order valence-electron chi connectivity index (χ2n) is 9.02. The van der Waals surface area contributed by atoms with Gasteiger partial charge in [-0.25, -0.2) is 0 Å². The number of furan rings is 1. The van der Waals surface area contributed by atoms with Crippen molar-refractivity contribution in [2.75, 3.05) is 6.54 Å². The van der Waals surface area contributed by atoms with Crippen molar-refractivity contribution in [1.29, 1.82) is 0 Å². The number of para-hydroxylation sites is 1. The lowest BCUT2D eigenvalue weighted by Gasteiger charge is -2.27. The number of amides is 2. The Kier molecular flexibility index (Phi) is 5.88. The van der Waals surface area contributed by atoms with E-state index < -0.39 is 0 Å². The van der Waals surface area contributed by atoms with Gasteiger partial charge in [0.25, 0.3) is 11.8 Å². The number of benzene rings is 1. The number of carbonyl (C=O) groups is 2. The summed E-state index contributed by atoms with van der Waals surface area (Å²) in [5.74, 6) is 0.258. The molecule has 0 unspecified atom stereocenters. The second-order valence-corrected chi connectivity index (χ2v) is 9.02. The highest BCUT2D eigenvalue weighted by Gasteiger charge is 2.31. The van der Waals surface area contributed by atoms with Gasteiger partial charge in [-0.3, -0.25) is 19.3 Å². The minimum Gasteiger partial charge on any atom is -0.451 e. The standard InChI is InChI=1S/C26H27N5O3/c1-17(2)15-31-21-9-11-30(26(33)23-12-19-7-3-4-8-22(19)34-23)16-20(21)24(29-31)25(32)28-14-18-6-5-10-27-13-18/h3-8,10,12-13,17H,9,11,14-16H2,1-2H3,(H,28,32). The summed E-state index contributed by atoms with van der Waals surface area (Å²) < 4.78 is 7.73. The fourth-order valence-electron chi connectivity index (χ4n) is 4.36. The molecule has 0 atom stereocenters. The molecule has 0 aliphatic carbocycles. The van der Waals surface area contributed by atoms with Gasteiger partial charge in [0.05, 0.1) is 6.54 Å². The summed E-state index contributed by atoms with van der Waals surface area (Å²) in [6.45, 7) is 6.19. The molecule has 174 valence electrons. The van der Waals surface area contributed by atoms with Crippen molar-refractivity contribution >= 4 is 22.8 Å². The molecule has 1 aliphatic heterocycles. The molecule has 0 saturated carbocycles. The van der Waals surface area contributed by atoms with Crippen LogP contribution >= 0.6 is 0 Å². The van der Waals surface area contributed by atoms with Gasteiger partial charge in [-0.2, -0.15) is 5.10 Å². The van der Waals surface area contributed by atoms with E-state index in [0.717, 1.165) is 28.8 Å². The van der Waals surface area contributed by atoms with E-state index in [1.165, 1.54) is 0 Å². The maximum Gasteiger partial charge on any atom is 0.289 e. The number of hydrogen-bond donors (Lipinski definition) is 1. The summed E-state index contributed by atoms with van der Waals surface area (Å²) in [5, 5.41) is 8.51. The molecule has 0 fully saturated rings. The van der Waals surface area contributed by atoms with E-state index in [1.807, 2.05) is 41.1 Å². The summed E-state index contributed by atoms with van der Waals surface area (Å²) in [4.78, 5) is 32.2. The smallest absolute Gasteiger partial charge is 0.289 e. The number of nitrogens with one attached hydrogen (secondary N) is 1. The van der Waals surface area contributed by atoms with Crippen LogP contribution in [-0.2, 0) is 26.1 Å². The highest BCUT2D eigenvalue weighted by Crippen LogP contribution is 2.27. The van der Waals surface area contributed by atoms with Crippen LogP contribution in [0.3, 0.4) is 0 Å². The molecule has 8 heteroatoms. The second kappa shape index (κ2) is 9.13. The van der Waals surface area contributed by atoms with Crippen molar-refractivity contribution < 1.29 is 14.0 Å². The van der Waals surface area contributed by atoms with Crippen molar-refractivity contribution in [3.05, 3.63) is 83.1 Å². The van der Waals surface area contributed by atoms with Crippen LogP contribution in [0.4, 0.5) is 0 Å². The number of pyridine rings is 1. The van der Waals surface area contributed by atoms with Gasteiger partial charge in [0, 0.05) is 55.1 Å². The van der Waals surface area contributed by atoms with Gasteiger partial charge in [0.15, 0.2) is 11.5 Å². The maximum atomic E-state index is 13.3. The third-order valence-corrected chi connectivity index (χ3v) is 5.99. The Bertz CT molecular complexity index is 1310. The SMILES string of the molecule is CC(C)Cn1nc(C(=O)NCc2cccnc2)c2c1CCN(C(=O)c1cc3ccccc3o1)C2.